The fourth-order valence-electron chi connectivity index (χ4n) is 2.59. The van der Waals surface area contributed by atoms with Crippen molar-refractivity contribution in [1.82, 2.24) is 0 Å². The number of hydrogen-bond acceptors (Lipinski definition) is 6. The summed E-state index contributed by atoms with van der Waals surface area (Å²) in [6.07, 6.45) is 0. The first-order valence-corrected chi connectivity index (χ1v) is 8.07. The number of halogens is 1. The molecule has 2 aromatic rings. The second-order valence-electron chi connectivity index (χ2n) is 5.51. The third kappa shape index (κ3) is 4.35. The number of nitrogens with one attached hydrogen (secondary N) is 1. The standard InChI is InChI=1S/C17H17FN4O5/c1-3-20(4-2)15-8-6-12(21(24)25)10-13(15)17(23)19-11-5-7-14(18)16(9-11)22(26)27/h5-10H,3-4H2,1-2H3,(H,19,23). The molecule has 0 unspecified atom stereocenters. The summed E-state index contributed by atoms with van der Waals surface area (Å²) in [5, 5.41) is 24.3. The SMILES string of the molecule is CCN(CC)c1ccc([N+](=O)[O-])cc1C(=O)Nc1ccc(F)c([N+](=O)[O-])c1. The molecule has 142 valence electrons. The fraction of sp³-hybridized carbons (Fsp3) is 0.235. The van der Waals surface area contributed by atoms with E-state index in [1.165, 1.54) is 18.2 Å². The lowest BCUT2D eigenvalue weighted by Crippen LogP contribution is -2.25. The Labute approximate surface area is 153 Å². The number of non-ortho nitro benzene ring substituents is 1. The van der Waals surface area contributed by atoms with E-state index in [-0.39, 0.29) is 16.9 Å². The van der Waals surface area contributed by atoms with Crippen LogP contribution in [0, 0.1) is 26.0 Å². The molecule has 0 radical (unpaired) electrons. The minimum absolute atomic E-state index is 0.00473. The van der Waals surface area contributed by atoms with Gasteiger partial charge in [0.2, 0.25) is 5.82 Å². The second-order valence-corrected chi connectivity index (χ2v) is 5.51. The summed E-state index contributed by atoms with van der Waals surface area (Å²) in [6.45, 7) is 4.87. The van der Waals surface area contributed by atoms with Crippen LogP contribution in [0.4, 0.5) is 27.1 Å². The van der Waals surface area contributed by atoms with Crippen molar-refractivity contribution >= 4 is 28.7 Å². The van der Waals surface area contributed by atoms with Gasteiger partial charge in [0.15, 0.2) is 0 Å². The Balaban J connectivity index is 2.45. The Morgan fingerprint density at radius 1 is 1.07 bits per heavy atom. The Morgan fingerprint density at radius 2 is 1.74 bits per heavy atom. The zero-order valence-corrected chi connectivity index (χ0v) is 14.6. The average molecular weight is 376 g/mol. The molecule has 9 nitrogen and oxygen atoms in total. The summed E-state index contributed by atoms with van der Waals surface area (Å²) in [5.74, 6) is -1.72. The highest BCUT2D eigenvalue weighted by molar-refractivity contribution is 6.08. The van der Waals surface area contributed by atoms with E-state index in [0.29, 0.717) is 18.8 Å². The number of carbonyl (C=O) groups excluding carboxylic acids is 1. The van der Waals surface area contributed by atoms with Crippen LogP contribution in [0.15, 0.2) is 36.4 Å². The van der Waals surface area contributed by atoms with Crippen molar-refractivity contribution in [3.63, 3.8) is 0 Å². The number of rotatable bonds is 7. The lowest BCUT2D eigenvalue weighted by molar-refractivity contribution is -0.387. The summed E-state index contributed by atoms with van der Waals surface area (Å²) in [6, 6.07) is 6.85. The third-order valence-electron chi connectivity index (χ3n) is 3.94. The number of amides is 1. The number of benzene rings is 2. The number of nitrogens with zero attached hydrogens (tertiary/aromatic N) is 3. The van der Waals surface area contributed by atoms with Crippen molar-refractivity contribution in [2.24, 2.45) is 0 Å². The molecule has 0 atom stereocenters. The average Bonchev–Trinajstić information content (AvgIpc) is 2.64. The van der Waals surface area contributed by atoms with Crippen LogP contribution in [0.5, 0.6) is 0 Å². The second kappa shape index (κ2) is 8.21. The van der Waals surface area contributed by atoms with E-state index in [0.717, 1.165) is 18.2 Å². The number of hydrogen-bond donors (Lipinski definition) is 1. The Hall–Kier alpha value is -3.56. The Morgan fingerprint density at radius 3 is 2.30 bits per heavy atom. The number of nitro groups is 2. The maximum absolute atomic E-state index is 13.4. The predicted molar refractivity (Wildman–Crippen MR) is 97.7 cm³/mol. The van der Waals surface area contributed by atoms with E-state index in [2.05, 4.69) is 5.32 Å². The van der Waals surface area contributed by atoms with Crippen LogP contribution in [-0.2, 0) is 0 Å². The summed E-state index contributed by atoms with van der Waals surface area (Å²) in [7, 11) is 0. The van der Waals surface area contributed by atoms with Crippen LogP contribution < -0.4 is 10.2 Å². The van der Waals surface area contributed by atoms with Crippen LogP contribution in [0.2, 0.25) is 0 Å². The molecule has 0 saturated heterocycles. The predicted octanol–water partition coefficient (Wildman–Crippen LogP) is 3.74. The minimum Gasteiger partial charge on any atom is -0.371 e. The fourth-order valence-corrected chi connectivity index (χ4v) is 2.59. The zero-order chi connectivity index (χ0) is 20.1. The minimum atomic E-state index is -1.03. The van der Waals surface area contributed by atoms with Gasteiger partial charge >= 0.3 is 5.69 Å². The number of carbonyl (C=O) groups is 1. The quantitative estimate of drug-likeness (QED) is 0.581. The van der Waals surface area contributed by atoms with E-state index in [1.54, 1.807) is 0 Å². The molecule has 0 saturated carbocycles. The lowest BCUT2D eigenvalue weighted by Gasteiger charge is -2.23. The monoisotopic (exact) mass is 376 g/mol. The maximum Gasteiger partial charge on any atom is 0.306 e. The Kier molecular flexibility index (Phi) is 6.01. The summed E-state index contributed by atoms with van der Waals surface area (Å²) in [5.41, 5.74) is -0.512. The molecule has 0 aliphatic rings. The molecule has 0 aliphatic heterocycles. The third-order valence-corrected chi connectivity index (χ3v) is 3.94. The smallest absolute Gasteiger partial charge is 0.306 e. The van der Waals surface area contributed by atoms with Crippen LogP contribution in [-0.4, -0.2) is 28.8 Å². The van der Waals surface area contributed by atoms with Gasteiger partial charge in [-0.25, -0.2) is 0 Å². The van der Waals surface area contributed by atoms with E-state index in [1.807, 2.05) is 18.7 Å². The molecule has 0 aromatic heterocycles. The summed E-state index contributed by atoms with van der Waals surface area (Å²) >= 11 is 0. The van der Waals surface area contributed by atoms with Crippen molar-refractivity contribution in [2.75, 3.05) is 23.3 Å². The van der Waals surface area contributed by atoms with Crippen molar-refractivity contribution < 1.29 is 19.0 Å². The highest BCUT2D eigenvalue weighted by atomic mass is 19.1. The molecular formula is C17H17FN4O5. The van der Waals surface area contributed by atoms with Crippen molar-refractivity contribution in [3.05, 3.63) is 68.0 Å². The molecular weight excluding hydrogens is 359 g/mol. The van der Waals surface area contributed by atoms with Crippen LogP contribution in [0.1, 0.15) is 24.2 Å². The first kappa shape index (κ1) is 19.8. The van der Waals surface area contributed by atoms with Gasteiger partial charge in [-0.15, -0.1) is 0 Å². The Bertz CT molecular complexity index is 899. The van der Waals surface area contributed by atoms with Gasteiger partial charge < -0.3 is 10.2 Å². The highest BCUT2D eigenvalue weighted by Gasteiger charge is 2.21. The van der Waals surface area contributed by atoms with Crippen molar-refractivity contribution in [2.45, 2.75) is 13.8 Å². The van der Waals surface area contributed by atoms with Gasteiger partial charge in [0, 0.05) is 37.0 Å². The molecule has 0 aliphatic carbocycles. The first-order chi connectivity index (χ1) is 12.8. The molecule has 27 heavy (non-hydrogen) atoms. The molecule has 0 fully saturated rings. The van der Waals surface area contributed by atoms with Gasteiger partial charge in [-0.3, -0.25) is 25.0 Å². The van der Waals surface area contributed by atoms with Gasteiger partial charge in [-0.2, -0.15) is 4.39 Å². The number of anilines is 2. The van der Waals surface area contributed by atoms with E-state index >= 15 is 0 Å². The molecule has 0 bridgehead atoms. The van der Waals surface area contributed by atoms with Gasteiger partial charge in [0.25, 0.3) is 11.6 Å². The van der Waals surface area contributed by atoms with Gasteiger partial charge in [0.05, 0.1) is 21.1 Å². The highest BCUT2D eigenvalue weighted by Crippen LogP contribution is 2.27. The molecule has 2 aromatic carbocycles. The first-order valence-electron chi connectivity index (χ1n) is 8.07. The normalized spacial score (nSPS) is 10.3. The van der Waals surface area contributed by atoms with E-state index < -0.39 is 27.3 Å². The number of nitro benzene ring substituents is 2. The summed E-state index contributed by atoms with van der Waals surface area (Å²) in [4.78, 5) is 34.9. The lowest BCUT2D eigenvalue weighted by atomic mass is 10.1. The molecule has 1 amide bonds. The topological polar surface area (TPSA) is 119 Å². The largest absolute Gasteiger partial charge is 0.371 e. The maximum atomic E-state index is 13.4. The van der Waals surface area contributed by atoms with Gasteiger partial charge in [0.1, 0.15) is 0 Å². The molecule has 2 rings (SSSR count). The molecule has 0 spiro atoms. The van der Waals surface area contributed by atoms with Crippen LogP contribution >= 0.6 is 0 Å². The molecule has 0 heterocycles. The molecule has 10 heteroatoms. The van der Waals surface area contributed by atoms with Crippen molar-refractivity contribution in [1.29, 1.82) is 0 Å². The van der Waals surface area contributed by atoms with E-state index in [9.17, 15) is 29.4 Å². The van der Waals surface area contributed by atoms with Gasteiger partial charge in [-0.1, -0.05) is 0 Å². The zero-order valence-electron chi connectivity index (χ0n) is 14.6. The van der Waals surface area contributed by atoms with E-state index in [4.69, 9.17) is 0 Å². The van der Waals surface area contributed by atoms with Crippen LogP contribution in [0.25, 0.3) is 0 Å². The summed E-state index contributed by atoms with van der Waals surface area (Å²) < 4.78 is 13.4. The van der Waals surface area contributed by atoms with Gasteiger partial charge in [-0.05, 0) is 32.0 Å². The van der Waals surface area contributed by atoms with Crippen molar-refractivity contribution in [3.8, 4) is 0 Å². The van der Waals surface area contributed by atoms with Crippen LogP contribution in [0.3, 0.4) is 0 Å². The molecule has 1 N–H and O–H groups in total.